The van der Waals surface area contributed by atoms with Gasteiger partial charge in [0.05, 0.1) is 5.02 Å². The highest BCUT2D eigenvalue weighted by Gasteiger charge is 2.40. The van der Waals surface area contributed by atoms with Crippen molar-refractivity contribution in [3.8, 4) is 10.6 Å². The summed E-state index contributed by atoms with van der Waals surface area (Å²) >= 11 is 5.77. The zero-order valence-corrected chi connectivity index (χ0v) is 10.9. The molecule has 1 heterocycles. The Morgan fingerprint density at radius 1 is 1.35 bits per heavy atom. The summed E-state index contributed by atoms with van der Waals surface area (Å²) in [5.41, 5.74) is -1.83. The van der Waals surface area contributed by atoms with E-state index in [1.54, 1.807) is 0 Å². The molecule has 0 bridgehead atoms. The van der Waals surface area contributed by atoms with E-state index in [0.717, 1.165) is 0 Å². The largest absolute Gasteiger partial charge is 0.477 e. The van der Waals surface area contributed by atoms with Gasteiger partial charge in [0.25, 0.3) is 0 Å². The van der Waals surface area contributed by atoms with Crippen LogP contribution in [-0.4, -0.2) is 16.1 Å². The first kappa shape index (κ1) is 14.7. The van der Waals surface area contributed by atoms with Crippen LogP contribution in [0.1, 0.15) is 15.4 Å². The average molecular weight is 326 g/mol. The van der Waals surface area contributed by atoms with E-state index in [-0.39, 0.29) is 21.9 Å². The van der Waals surface area contributed by atoms with Crippen LogP contribution in [-0.2, 0) is 6.18 Å². The molecule has 2 aromatic rings. The summed E-state index contributed by atoms with van der Waals surface area (Å²) in [6.07, 6.45) is -4.93. The van der Waals surface area contributed by atoms with Crippen LogP contribution in [0.3, 0.4) is 0 Å². The van der Waals surface area contributed by atoms with Crippen LogP contribution in [0, 0.1) is 5.82 Å². The van der Waals surface area contributed by atoms with Gasteiger partial charge in [-0.25, -0.2) is 14.2 Å². The third kappa shape index (κ3) is 2.61. The van der Waals surface area contributed by atoms with Gasteiger partial charge in [-0.05, 0) is 12.1 Å². The molecule has 1 aromatic heterocycles. The molecule has 1 aromatic carbocycles. The lowest BCUT2D eigenvalue weighted by Crippen LogP contribution is -2.11. The Kier molecular flexibility index (Phi) is 3.70. The fraction of sp³-hybridized carbons (Fsp3) is 0.0909. The Labute approximate surface area is 118 Å². The van der Waals surface area contributed by atoms with Crippen molar-refractivity contribution >= 4 is 28.9 Å². The predicted molar refractivity (Wildman–Crippen MR) is 64.5 cm³/mol. The molecule has 0 aliphatic heterocycles. The maximum atomic E-state index is 13.7. The van der Waals surface area contributed by atoms with Gasteiger partial charge in [0.1, 0.15) is 9.88 Å². The number of aromatic nitrogens is 1. The molecule has 20 heavy (non-hydrogen) atoms. The molecule has 0 saturated carbocycles. The number of nitrogens with zero attached hydrogens (tertiary/aromatic N) is 1. The minimum absolute atomic E-state index is 0.241. The molecule has 1 N–H and O–H groups in total. The van der Waals surface area contributed by atoms with E-state index in [0.29, 0.717) is 0 Å². The first-order valence-electron chi connectivity index (χ1n) is 4.97. The lowest BCUT2D eigenvalue weighted by molar-refractivity contribution is -0.141. The van der Waals surface area contributed by atoms with Crippen molar-refractivity contribution in [2.24, 2.45) is 0 Å². The van der Waals surface area contributed by atoms with Crippen molar-refractivity contribution in [1.82, 2.24) is 4.98 Å². The number of benzene rings is 1. The van der Waals surface area contributed by atoms with Gasteiger partial charge < -0.3 is 5.11 Å². The molecule has 0 fully saturated rings. The predicted octanol–water partition coefficient (Wildman–Crippen LogP) is 4.32. The van der Waals surface area contributed by atoms with Gasteiger partial charge in [-0.2, -0.15) is 13.2 Å². The van der Waals surface area contributed by atoms with Gasteiger partial charge in [0.15, 0.2) is 11.5 Å². The molecule has 9 heteroatoms. The van der Waals surface area contributed by atoms with Crippen LogP contribution in [0.2, 0.25) is 5.02 Å². The van der Waals surface area contributed by atoms with E-state index in [1.807, 2.05) is 0 Å². The van der Waals surface area contributed by atoms with Crippen molar-refractivity contribution < 1.29 is 27.5 Å². The first-order chi connectivity index (χ1) is 9.21. The number of hydrogen-bond acceptors (Lipinski definition) is 3. The Bertz CT molecular complexity index is 684. The molecule has 106 valence electrons. The van der Waals surface area contributed by atoms with E-state index in [1.165, 1.54) is 18.2 Å². The second kappa shape index (κ2) is 5.02. The summed E-state index contributed by atoms with van der Waals surface area (Å²) in [5, 5.41) is 8.08. The SMILES string of the molecule is O=C(O)c1sc(-c2cccc(Cl)c2F)nc1C(F)(F)F. The second-order valence-corrected chi connectivity index (χ2v) is 5.01. The standard InChI is InChI=1S/C11H4ClF4NO2S/c12-5-3-1-2-4(6(5)13)9-17-8(11(14,15)16)7(20-9)10(18)19/h1-3H,(H,18,19). The van der Waals surface area contributed by atoms with Gasteiger partial charge in [0, 0.05) is 5.56 Å². The van der Waals surface area contributed by atoms with E-state index < -0.39 is 33.5 Å². The van der Waals surface area contributed by atoms with Crippen LogP contribution in [0.15, 0.2) is 18.2 Å². The summed E-state index contributed by atoms with van der Waals surface area (Å²) in [4.78, 5) is 13.0. The lowest BCUT2D eigenvalue weighted by Gasteiger charge is -2.03. The van der Waals surface area contributed by atoms with E-state index >= 15 is 0 Å². The highest BCUT2D eigenvalue weighted by atomic mass is 35.5. The molecular formula is C11H4ClF4NO2S. The maximum Gasteiger partial charge on any atom is 0.435 e. The molecule has 3 nitrogen and oxygen atoms in total. The minimum Gasteiger partial charge on any atom is -0.477 e. The summed E-state index contributed by atoms with van der Waals surface area (Å²) in [5.74, 6) is -2.72. The highest BCUT2D eigenvalue weighted by molar-refractivity contribution is 7.17. The van der Waals surface area contributed by atoms with Crippen molar-refractivity contribution in [3.63, 3.8) is 0 Å². The normalized spacial score (nSPS) is 11.7. The summed E-state index contributed by atoms with van der Waals surface area (Å²) < 4.78 is 51.8. The number of aromatic carboxylic acids is 1. The third-order valence-corrected chi connectivity index (χ3v) is 3.64. The number of carbonyl (C=O) groups is 1. The summed E-state index contributed by atoms with van der Waals surface area (Å²) in [6.45, 7) is 0. The molecule has 0 atom stereocenters. The Balaban J connectivity index is 2.65. The van der Waals surface area contributed by atoms with Crippen LogP contribution < -0.4 is 0 Å². The van der Waals surface area contributed by atoms with Crippen molar-refractivity contribution in [3.05, 3.63) is 39.6 Å². The number of rotatable bonds is 2. The maximum absolute atomic E-state index is 13.7. The third-order valence-electron chi connectivity index (χ3n) is 2.27. The topological polar surface area (TPSA) is 50.2 Å². The first-order valence-corrected chi connectivity index (χ1v) is 6.17. The fourth-order valence-electron chi connectivity index (χ4n) is 1.44. The molecule has 0 amide bonds. The number of carboxylic acids is 1. The minimum atomic E-state index is -4.93. The number of thiazole rings is 1. The highest BCUT2D eigenvalue weighted by Crippen LogP contribution is 2.39. The zero-order valence-electron chi connectivity index (χ0n) is 9.33. The van der Waals surface area contributed by atoms with Crippen molar-refractivity contribution in [1.29, 1.82) is 0 Å². The molecule has 0 aliphatic carbocycles. The molecule has 0 saturated heterocycles. The number of hydrogen-bond donors (Lipinski definition) is 1. The monoisotopic (exact) mass is 325 g/mol. The second-order valence-electron chi connectivity index (χ2n) is 3.60. The van der Waals surface area contributed by atoms with E-state index in [9.17, 15) is 22.4 Å². The Morgan fingerprint density at radius 3 is 2.50 bits per heavy atom. The Morgan fingerprint density at radius 2 is 2.00 bits per heavy atom. The van der Waals surface area contributed by atoms with Crippen LogP contribution in [0.5, 0.6) is 0 Å². The van der Waals surface area contributed by atoms with Crippen molar-refractivity contribution in [2.45, 2.75) is 6.18 Å². The lowest BCUT2D eigenvalue weighted by atomic mass is 10.2. The average Bonchev–Trinajstić information content (AvgIpc) is 2.77. The quantitative estimate of drug-likeness (QED) is 0.837. The summed E-state index contributed by atoms with van der Waals surface area (Å²) in [6, 6.07) is 3.72. The van der Waals surface area contributed by atoms with E-state index in [2.05, 4.69) is 4.98 Å². The molecule has 0 aliphatic rings. The fourth-order valence-corrected chi connectivity index (χ4v) is 2.56. The van der Waals surface area contributed by atoms with Gasteiger partial charge >= 0.3 is 12.1 Å². The number of carboxylic acid groups (broad SMARTS) is 1. The Hall–Kier alpha value is -1.67. The molecule has 0 unspecified atom stereocenters. The molecule has 0 spiro atoms. The molecule has 2 rings (SSSR count). The zero-order chi connectivity index (χ0) is 15.1. The van der Waals surface area contributed by atoms with Gasteiger partial charge in [-0.3, -0.25) is 0 Å². The van der Waals surface area contributed by atoms with E-state index in [4.69, 9.17) is 16.7 Å². The van der Waals surface area contributed by atoms with Gasteiger partial charge in [0.2, 0.25) is 0 Å². The van der Waals surface area contributed by atoms with Crippen molar-refractivity contribution in [2.75, 3.05) is 0 Å². The smallest absolute Gasteiger partial charge is 0.435 e. The molecule has 0 radical (unpaired) electrons. The van der Waals surface area contributed by atoms with Gasteiger partial charge in [-0.15, -0.1) is 11.3 Å². The summed E-state index contributed by atoms with van der Waals surface area (Å²) in [7, 11) is 0. The number of halogens is 5. The van der Waals surface area contributed by atoms with Crippen LogP contribution in [0.4, 0.5) is 17.6 Å². The number of alkyl halides is 3. The van der Waals surface area contributed by atoms with Crippen LogP contribution in [0.25, 0.3) is 10.6 Å². The van der Waals surface area contributed by atoms with Crippen LogP contribution >= 0.6 is 22.9 Å². The molecular weight excluding hydrogens is 322 g/mol. The van der Waals surface area contributed by atoms with Gasteiger partial charge in [-0.1, -0.05) is 17.7 Å².